The summed E-state index contributed by atoms with van der Waals surface area (Å²) in [7, 11) is 0. The number of ether oxygens (including phenoxy) is 1. The summed E-state index contributed by atoms with van der Waals surface area (Å²) in [5.41, 5.74) is 0.733. The van der Waals surface area contributed by atoms with Gasteiger partial charge in [0.15, 0.2) is 11.6 Å². The Bertz CT molecular complexity index is 684. The molecule has 0 spiro atoms. The van der Waals surface area contributed by atoms with Crippen LogP contribution in [0.25, 0.3) is 0 Å². The first-order chi connectivity index (χ1) is 10.6. The Labute approximate surface area is 133 Å². The molecule has 3 nitrogen and oxygen atoms in total. The highest BCUT2D eigenvalue weighted by Crippen LogP contribution is 2.21. The number of hydrogen-bond acceptors (Lipinski definition) is 3. The molecule has 0 unspecified atom stereocenters. The van der Waals surface area contributed by atoms with E-state index in [1.54, 1.807) is 30.3 Å². The van der Waals surface area contributed by atoms with Crippen LogP contribution >= 0.6 is 11.6 Å². The van der Waals surface area contributed by atoms with E-state index < -0.39 is 5.82 Å². The minimum atomic E-state index is -0.553. The van der Waals surface area contributed by atoms with Crippen molar-refractivity contribution < 1.29 is 13.9 Å². The quantitative estimate of drug-likeness (QED) is 0.620. The second-order valence-electron chi connectivity index (χ2n) is 4.40. The number of nitrogens with one attached hydrogen (secondary N) is 1. The van der Waals surface area contributed by atoms with E-state index in [4.69, 9.17) is 16.3 Å². The number of hydrogen-bond donors (Lipinski definition) is 1. The second kappa shape index (κ2) is 7.61. The smallest absolute Gasteiger partial charge is 0.187 e. The summed E-state index contributed by atoms with van der Waals surface area (Å²) >= 11 is 5.67. The summed E-state index contributed by atoms with van der Waals surface area (Å²) in [5, 5.41) is 2.72. The van der Waals surface area contributed by atoms with E-state index in [-0.39, 0.29) is 16.5 Å². The maximum atomic E-state index is 13.6. The lowest BCUT2D eigenvalue weighted by molar-refractivity contribution is 0.104. The van der Waals surface area contributed by atoms with Crippen molar-refractivity contribution >= 4 is 23.1 Å². The predicted octanol–water partition coefficient (Wildman–Crippen LogP) is 4.69. The molecule has 0 aromatic heterocycles. The first-order valence-electron chi connectivity index (χ1n) is 6.76. The number of allylic oxidation sites excluding steroid dienone is 1. The number of carbonyl (C=O) groups excluding carboxylic acids is 1. The van der Waals surface area contributed by atoms with Crippen molar-refractivity contribution in [1.29, 1.82) is 0 Å². The molecule has 2 aromatic rings. The van der Waals surface area contributed by atoms with Gasteiger partial charge in [0, 0.05) is 17.8 Å². The van der Waals surface area contributed by atoms with Gasteiger partial charge in [-0.3, -0.25) is 4.79 Å². The van der Waals surface area contributed by atoms with E-state index in [9.17, 15) is 9.18 Å². The number of benzene rings is 2. The van der Waals surface area contributed by atoms with Gasteiger partial charge in [0.2, 0.25) is 0 Å². The maximum absolute atomic E-state index is 13.6. The molecule has 0 radical (unpaired) electrons. The third-order valence-corrected chi connectivity index (χ3v) is 3.17. The Kier molecular flexibility index (Phi) is 5.55. The first kappa shape index (κ1) is 16.0. The zero-order valence-electron chi connectivity index (χ0n) is 12.0. The summed E-state index contributed by atoms with van der Waals surface area (Å²) in [6.45, 7) is 2.46. The van der Waals surface area contributed by atoms with E-state index in [2.05, 4.69) is 5.32 Å². The molecule has 0 atom stereocenters. The van der Waals surface area contributed by atoms with Gasteiger partial charge in [-0.25, -0.2) is 4.39 Å². The second-order valence-corrected chi connectivity index (χ2v) is 4.81. The van der Waals surface area contributed by atoms with Gasteiger partial charge in [0.1, 0.15) is 5.75 Å². The van der Waals surface area contributed by atoms with Gasteiger partial charge in [-0.1, -0.05) is 17.7 Å². The molecule has 114 valence electrons. The molecule has 22 heavy (non-hydrogen) atoms. The molecule has 0 amide bonds. The lowest BCUT2D eigenvalue weighted by atomic mass is 10.1. The average molecular weight is 320 g/mol. The Morgan fingerprint density at radius 1 is 1.27 bits per heavy atom. The van der Waals surface area contributed by atoms with Gasteiger partial charge >= 0.3 is 0 Å². The van der Waals surface area contributed by atoms with E-state index in [1.165, 1.54) is 24.4 Å². The highest BCUT2D eigenvalue weighted by molar-refractivity contribution is 6.31. The van der Waals surface area contributed by atoms with Gasteiger partial charge in [0.05, 0.1) is 17.3 Å². The monoisotopic (exact) mass is 319 g/mol. The summed E-state index contributed by atoms with van der Waals surface area (Å²) in [5.74, 6) is -0.0394. The van der Waals surface area contributed by atoms with Crippen LogP contribution in [0.3, 0.4) is 0 Å². The van der Waals surface area contributed by atoms with Crippen LogP contribution in [0.1, 0.15) is 17.3 Å². The number of halogens is 2. The van der Waals surface area contributed by atoms with Gasteiger partial charge in [-0.05, 0) is 43.3 Å². The van der Waals surface area contributed by atoms with Crippen LogP contribution in [0, 0.1) is 5.82 Å². The Balaban J connectivity index is 2.00. The third kappa shape index (κ3) is 4.09. The molecule has 5 heteroatoms. The molecule has 2 aromatic carbocycles. The fourth-order valence-corrected chi connectivity index (χ4v) is 1.98. The van der Waals surface area contributed by atoms with Crippen LogP contribution in [-0.2, 0) is 0 Å². The zero-order chi connectivity index (χ0) is 15.9. The van der Waals surface area contributed by atoms with Crippen molar-refractivity contribution in [1.82, 2.24) is 0 Å². The van der Waals surface area contributed by atoms with Crippen LogP contribution in [0.15, 0.2) is 54.7 Å². The molecule has 0 saturated carbocycles. The minimum Gasteiger partial charge on any atom is -0.494 e. The van der Waals surface area contributed by atoms with Crippen molar-refractivity contribution in [3.63, 3.8) is 0 Å². The summed E-state index contributed by atoms with van der Waals surface area (Å²) < 4.78 is 18.9. The molecule has 1 N–H and O–H groups in total. The fourth-order valence-electron chi connectivity index (χ4n) is 1.80. The number of ketones is 1. The van der Waals surface area contributed by atoms with Gasteiger partial charge in [0.25, 0.3) is 0 Å². The van der Waals surface area contributed by atoms with E-state index in [0.717, 1.165) is 0 Å². The minimum absolute atomic E-state index is 0.0243. The van der Waals surface area contributed by atoms with Gasteiger partial charge in [-0.2, -0.15) is 0 Å². The van der Waals surface area contributed by atoms with Crippen LogP contribution in [0.5, 0.6) is 5.75 Å². The van der Waals surface area contributed by atoms with E-state index in [1.807, 2.05) is 6.92 Å². The number of carbonyl (C=O) groups is 1. The van der Waals surface area contributed by atoms with Crippen molar-refractivity contribution in [2.75, 3.05) is 11.9 Å². The Hall–Kier alpha value is -2.33. The highest BCUT2D eigenvalue weighted by atomic mass is 35.5. The standard InChI is InChI=1S/C17H15ClFNO2/c1-2-22-13-8-6-12(7-9-13)16(21)10-11-20-15-5-3-4-14(18)17(15)19/h3-11,20H,2H2,1H3/b11-10+. The molecule has 0 aliphatic carbocycles. The maximum Gasteiger partial charge on any atom is 0.187 e. The molecule has 2 rings (SSSR count). The van der Waals surface area contributed by atoms with Crippen molar-refractivity contribution in [2.45, 2.75) is 6.92 Å². The molecule has 0 bridgehead atoms. The molecule has 0 heterocycles. The van der Waals surface area contributed by atoms with Gasteiger partial charge < -0.3 is 10.1 Å². The molecule has 0 fully saturated rings. The normalized spacial score (nSPS) is 10.7. The lowest BCUT2D eigenvalue weighted by Crippen LogP contribution is -1.98. The Morgan fingerprint density at radius 3 is 2.68 bits per heavy atom. The topological polar surface area (TPSA) is 38.3 Å². The summed E-state index contributed by atoms with van der Waals surface area (Å²) in [6, 6.07) is 11.4. The van der Waals surface area contributed by atoms with Crippen LogP contribution < -0.4 is 10.1 Å². The van der Waals surface area contributed by atoms with Gasteiger partial charge in [-0.15, -0.1) is 0 Å². The highest BCUT2D eigenvalue weighted by Gasteiger charge is 2.05. The zero-order valence-corrected chi connectivity index (χ0v) is 12.7. The van der Waals surface area contributed by atoms with Crippen LogP contribution in [0.2, 0.25) is 5.02 Å². The lowest BCUT2D eigenvalue weighted by Gasteiger charge is -2.04. The van der Waals surface area contributed by atoms with Crippen LogP contribution in [0.4, 0.5) is 10.1 Å². The summed E-state index contributed by atoms with van der Waals surface area (Å²) in [6.07, 6.45) is 2.71. The molecule has 0 saturated heterocycles. The van der Waals surface area contributed by atoms with E-state index >= 15 is 0 Å². The van der Waals surface area contributed by atoms with Crippen molar-refractivity contribution in [2.24, 2.45) is 0 Å². The molecule has 0 aliphatic rings. The fraction of sp³-hybridized carbons (Fsp3) is 0.118. The predicted molar refractivity (Wildman–Crippen MR) is 86.1 cm³/mol. The summed E-state index contributed by atoms with van der Waals surface area (Å²) in [4.78, 5) is 12.0. The number of rotatable bonds is 6. The Morgan fingerprint density at radius 2 is 2.00 bits per heavy atom. The number of anilines is 1. The molecular weight excluding hydrogens is 305 g/mol. The molecular formula is C17H15ClFNO2. The largest absolute Gasteiger partial charge is 0.494 e. The van der Waals surface area contributed by atoms with Crippen molar-refractivity contribution in [3.05, 3.63) is 71.1 Å². The SMILES string of the molecule is CCOc1ccc(C(=O)/C=C/Nc2cccc(Cl)c2F)cc1. The average Bonchev–Trinajstić information content (AvgIpc) is 2.52. The van der Waals surface area contributed by atoms with E-state index in [0.29, 0.717) is 17.9 Å². The van der Waals surface area contributed by atoms with Crippen molar-refractivity contribution in [3.8, 4) is 5.75 Å². The first-order valence-corrected chi connectivity index (χ1v) is 7.14. The van der Waals surface area contributed by atoms with Crippen LogP contribution in [-0.4, -0.2) is 12.4 Å². The molecule has 0 aliphatic heterocycles. The third-order valence-electron chi connectivity index (χ3n) is 2.87.